The van der Waals surface area contributed by atoms with Gasteiger partial charge < -0.3 is 10.1 Å². The first kappa shape index (κ1) is 14.2. The fraction of sp³-hybridized carbons (Fsp3) is 0.333. The Bertz CT molecular complexity index is 629. The summed E-state index contributed by atoms with van der Waals surface area (Å²) in [7, 11) is 1.78. The third-order valence-corrected chi connectivity index (χ3v) is 2.99. The second-order valence-electron chi connectivity index (χ2n) is 4.56. The van der Waals surface area contributed by atoms with Crippen molar-refractivity contribution in [3.63, 3.8) is 0 Å². The van der Waals surface area contributed by atoms with E-state index in [-0.39, 0.29) is 5.75 Å². The number of rotatable bonds is 4. The van der Waals surface area contributed by atoms with E-state index in [2.05, 4.69) is 15.3 Å². The number of aromatic nitrogens is 2. The third kappa shape index (κ3) is 2.87. The van der Waals surface area contributed by atoms with E-state index in [0.717, 1.165) is 11.1 Å². The van der Waals surface area contributed by atoms with Gasteiger partial charge in [-0.25, -0.2) is 9.37 Å². The van der Waals surface area contributed by atoms with Gasteiger partial charge >= 0.3 is 0 Å². The molecule has 4 nitrogen and oxygen atoms in total. The number of nitrogens with zero attached hydrogens (tertiary/aromatic N) is 2. The molecule has 1 N–H and O–H groups in total. The van der Waals surface area contributed by atoms with E-state index in [4.69, 9.17) is 4.74 Å². The lowest BCUT2D eigenvalue weighted by Gasteiger charge is -2.13. The lowest BCUT2D eigenvalue weighted by molar-refractivity contribution is 0.421. The maximum Gasteiger partial charge on any atom is 0.227 e. The molecule has 0 amide bonds. The Labute approximate surface area is 118 Å². The van der Waals surface area contributed by atoms with Crippen LogP contribution in [0.2, 0.25) is 0 Å². The van der Waals surface area contributed by atoms with Crippen LogP contribution in [0.1, 0.15) is 23.9 Å². The van der Waals surface area contributed by atoms with E-state index in [1.165, 1.54) is 6.07 Å². The quantitative estimate of drug-likeness (QED) is 0.925. The number of halogens is 1. The van der Waals surface area contributed by atoms with Crippen molar-refractivity contribution in [2.24, 2.45) is 0 Å². The van der Waals surface area contributed by atoms with Crippen LogP contribution in [-0.2, 0) is 6.42 Å². The molecular weight excluding hydrogens is 257 g/mol. The Balaban J connectivity index is 2.44. The predicted octanol–water partition coefficient (Wildman–Crippen LogP) is 3.63. The second-order valence-corrected chi connectivity index (χ2v) is 4.56. The minimum absolute atomic E-state index is 0.177. The lowest BCUT2D eigenvalue weighted by atomic mass is 10.2. The molecule has 0 aliphatic heterocycles. The van der Waals surface area contributed by atoms with E-state index in [1.54, 1.807) is 19.2 Å². The molecule has 1 aromatic heterocycles. The van der Waals surface area contributed by atoms with E-state index in [1.807, 2.05) is 20.8 Å². The molecule has 0 spiro atoms. The zero-order valence-corrected chi connectivity index (χ0v) is 12.1. The molecule has 0 aliphatic rings. The first-order valence-electron chi connectivity index (χ1n) is 6.54. The Morgan fingerprint density at radius 1 is 1.25 bits per heavy atom. The van der Waals surface area contributed by atoms with Gasteiger partial charge in [-0.05, 0) is 31.5 Å². The molecular formula is C15H18FN3O. The van der Waals surface area contributed by atoms with Crippen LogP contribution in [0.5, 0.6) is 11.6 Å². The lowest BCUT2D eigenvalue weighted by Crippen LogP contribution is -2.05. The first-order chi connectivity index (χ1) is 9.55. The van der Waals surface area contributed by atoms with E-state index < -0.39 is 5.82 Å². The summed E-state index contributed by atoms with van der Waals surface area (Å²) in [6, 6.07) is 4.74. The number of ether oxygens (including phenoxy) is 1. The number of benzene rings is 1. The Morgan fingerprint density at radius 3 is 2.65 bits per heavy atom. The van der Waals surface area contributed by atoms with Crippen LogP contribution in [0.4, 0.5) is 10.2 Å². The van der Waals surface area contributed by atoms with E-state index in [0.29, 0.717) is 23.9 Å². The summed E-state index contributed by atoms with van der Waals surface area (Å²) in [5.74, 6) is 1.50. The summed E-state index contributed by atoms with van der Waals surface area (Å²) in [6.45, 7) is 5.69. The van der Waals surface area contributed by atoms with Gasteiger partial charge in [-0.3, -0.25) is 0 Å². The standard InChI is InChI=1S/C15H18FN3O/c1-5-13-18-14(17-4)10(3)15(19-13)20-12-8-9(2)6-7-11(12)16/h6-8H,5H2,1-4H3,(H,17,18,19). The maximum absolute atomic E-state index is 13.8. The largest absolute Gasteiger partial charge is 0.435 e. The monoisotopic (exact) mass is 275 g/mol. The summed E-state index contributed by atoms with van der Waals surface area (Å²) in [6.07, 6.45) is 0.682. The maximum atomic E-state index is 13.8. The van der Waals surface area contributed by atoms with Crippen molar-refractivity contribution < 1.29 is 9.13 Å². The summed E-state index contributed by atoms with van der Waals surface area (Å²) in [4.78, 5) is 8.68. The zero-order chi connectivity index (χ0) is 14.7. The normalized spacial score (nSPS) is 10.4. The molecule has 106 valence electrons. The Hall–Kier alpha value is -2.17. The minimum atomic E-state index is -0.405. The zero-order valence-electron chi connectivity index (χ0n) is 12.1. The smallest absolute Gasteiger partial charge is 0.227 e. The van der Waals surface area contributed by atoms with Crippen molar-refractivity contribution in [1.82, 2.24) is 9.97 Å². The molecule has 2 aromatic rings. The van der Waals surface area contributed by atoms with Crippen molar-refractivity contribution in [2.75, 3.05) is 12.4 Å². The number of hydrogen-bond donors (Lipinski definition) is 1. The Kier molecular flexibility index (Phi) is 4.17. The van der Waals surface area contributed by atoms with Crippen molar-refractivity contribution >= 4 is 5.82 Å². The van der Waals surface area contributed by atoms with Gasteiger partial charge in [-0.1, -0.05) is 13.0 Å². The topological polar surface area (TPSA) is 47.0 Å². The molecule has 0 atom stereocenters. The van der Waals surface area contributed by atoms with Crippen LogP contribution < -0.4 is 10.1 Å². The second kappa shape index (κ2) is 5.86. The molecule has 0 bridgehead atoms. The van der Waals surface area contributed by atoms with Crippen LogP contribution in [-0.4, -0.2) is 17.0 Å². The van der Waals surface area contributed by atoms with Crippen molar-refractivity contribution in [3.05, 3.63) is 41.0 Å². The van der Waals surface area contributed by atoms with Crippen molar-refractivity contribution in [3.8, 4) is 11.6 Å². The highest BCUT2D eigenvalue weighted by molar-refractivity contribution is 5.49. The van der Waals surface area contributed by atoms with Crippen LogP contribution in [0.3, 0.4) is 0 Å². The highest BCUT2D eigenvalue weighted by Gasteiger charge is 2.13. The first-order valence-corrected chi connectivity index (χ1v) is 6.54. The van der Waals surface area contributed by atoms with Gasteiger partial charge in [0.15, 0.2) is 11.6 Å². The molecule has 2 rings (SSSR count). The van der Waals surface area contributed by atoms with Gasteiger partial charge in [0.1, 0.15) is 11.6 Å². The van der Waals surface area contributed by atoms with Crippen LogP contribution in [0.15, 0.2) is 18.2 Å². The molecule has 0 fully saturated rings. The summed E-state index contributed by atoms with van der Waals surface area (Å²) >= 11 is 0. The Morgan fingerprint density at radius 2 is 2.00 bits per heavy atom. The minimum Gasteiger partial charge on any atom is -0.435 e. The van der Waals surface area contributed by atoms with Crippen molar-refractivity contribution in [2.45, 2.75) is 27.2 Å². The van der Waals surface area contributed by atoms with Gasteiger partial charge in [0.05, 0.1) is 5.56 Å². The molecule has 0 radical (unpaired) electrons. The summed E-state index contributed by atoms with van der Waals surface area (Å²) < 4.78 is 19.4. The average molecular weight is 275 g/mol. The van der Waals surface area contributed by atoms with Crippen LogP contribution >= 0.6 is 0 Å². The number of nitrogens with one attached hydrogen (secondary N) is 1. The summed E-state index contributed by atoms with van der Waals surface area (Å²) in [5, 5.41) is 3.00. The third-order valence-electron chi connectivity index (χ3n) is 2.99. The highest BCUT2D eigenvalue weighted by Crippen LogP contribution is 2.29. The van der Waals surface area contributed by atoms with Gasteiger partial charge in [0.25, 0.3) is 0 Å². The van der Waals surface area contributed by atoms with E-state index >= 15 is 0 Å². The average Bonchev–Trinajstić information content (AvgIpc) is 2.45. The van der Waals surface area contributed by atoms with Gasteiger partial charge in [-0.15, -0.1) is 0 Å². The van der Waals surface area contributed by atoms with Crippen LogP contribution in [0, 0.1) is 19.7 Å². The number of aryl methyl sites for hydroxylation is 2. The fourth-order valence-electron chi connectivity index (χ4n) is 1.83. The van der Waals surface area contributed by atoms with Crippen molar-refractivity contribution in [1.29, 1.82) is 0 Å². The molecule has 1 heterocycles. The number of hydrogen-bond acceptors (Lipinski definition) is 4. The molecule has 0 unspecified atom stereocenters. The molecule has 20 heavy (non-hydrogen) atoms. The molecule has 0 saturated carbocycles. The molecule has 0 aliphatic carbocycles. The van der Waals surface area contributed by atoms with Gasteiger partial charge in [0, 0.05) is 13.5 Å². The molecule has 5 heteroatoms. The predicted molar refractivity (Wildman–Crippen MR) is 76.9 cm³/mol. The fourth-order valence-corrected chi connectivity index (χ4v) is 1.83. The van der Waals surface area contributed by atoms with Crippen LogP contribution in [0.25, 0.3) is 0 Å². The SMILES string of the molecule is CCc1nc(NC)c(C)c(Oc2cc(C)ccc2F)n1. The molecule has 1 aromatic carbocycles. The number of anilines is 1. The van der Waals surface area contributed by atoms with Gasteiger partial charge in [-0.2, -0.15) is 4.98 Å². The summed E-state index contributed by atoms with van der Waals surface area (Å²) in [5.41, 5.74) is 1.68. The molecule has 0 saturated heterocycles. The van der Waals surface area contributed by atoms with Gasteiger partial charge in [0.2, 0.25) is 5.88 Å². The highest BCUT2D eigenvalue weighted by atomic mass is 19.1. The van der Waals surface area contributed by atoms with E-state index in [9.17, 15) is 4.39 Å².